The fourth-order valence-corrected chi connectivity index (χ4v) is 2.40. The fraction of sp³-hybridized carbons (Fsp3) is 0.471. The summed E-state index contributed by atoms with van der Waals surface area (Å²) in [4.78, 5) is 32.5. The average Bonchev–Trinajstić information content (AvgIpc) is 2.61. The minimum atomic E-state index is -0.530. The lowest BCUT2D eigenvalue weighted by Crippen LogP contribution is -2.50. The predicted molar refractivity (Wildman–Crippen MR) is 86.7 cm³/mol. The summed E-state index contributed by atoms with van der Waals surface area (Å²) in [6.45, 7) is 11.4. The number of aliphatic imine (C=N–C) groups is 1. The number of benzene rings is 1. The van der Waals surface area contributed by atoms with Gasteiger partial charge < -0.3 is 0 Å². The molecule has 1 aromatic rings. The number of guanidine groups is 1. The van der Waals surface area contributed by atoms with Gasteiger partial charge in [-0.3, -0.25) is 19.4 Å². The van der Waals surface area contributed by atoms with Crippen molar-refractivity contribution in [3.05, 3.63) is 30.3 Å². The molecular formula is C17H23N3O2. The maximum Gasteiger partial charge on any atom is 0.319 e. The Kier molecular flexibility index (Phi) is 3.85. The van der Waals surface area contributed by atoms with Crippen molar-refractivity contribution in [2.24, 2.45) is 4.99 Å². The van der Waals surface area contributed by atoms with E-state index in [1.54, 1.807) is 0 Å². The van der Waals surface area contributed by atoms with Crippen molar-refractivity contribution >= 4 is 23.5 Å². The Morgan fingerprint density at radius 3 is 1.55 bits per heavy atom. The molecule has 1 saturated heterocycles. The highest BCUT2D eigenvalue weighted by Crippen LogP contribution is 2.30. The molecule has 22 heavy (non-hydrogen) atoms. The molecule has 0 unspecified atom stereocenters. The molecule has 0 radical (unpaired) electrons. The summed E-state index contributed by atoms with van der Waals surface area (Å²) in [7, 11) is 0. The maximum absolute atomic E-state index is 12.5. The van der Waals surface area contributed by atoms with Gasteiger partial charge in [0.15, 0.2) is 0 Å². The normalized spacial score (nSPS) is 16.5. The Hall–Kier alpha value is -2.17. The molecule has 118 valence electrons. The van der Waals surface area contributed by atoms with Crippen molar-refractivity contribution in [3.8, 4) is 0 Å². The molecule has 0 bridgehead atoms. The highest BCUT2D eigenvalue weighted by molar-refractivity contribution is 6.45. The van der Waals surface area contributed by atoms with E-state index in [1.807, 2.05) is 71.9 Å². The first-order valence-electron chi connectivity index (χ1n) is 7.36. The molecule has 1 aromatic carbocycles. The molecule has 5 nitrogen and oxygen atoms in total. The summed E-state index contributed by atoms with van der Waals surface area (Å²) >= 11 is 0. The van der Waals surface area contributed by atoms with Crippen LogP contribution in [0.4, 0.5) is 5.69 Å². The van der Waals surface area contributed by atoms with Gasteiger partial charge in [-0.25, -0.2) is 4.99 Å². The number of carbonyl (C=O) groups excluding carboxylic acids is 2. The van der Waals surface area contributed by atoms with Crippen molar-refractivity contribution in [1.82, 2.24) is 9.80 Å². The van der Waals surface area contributed by atoms with Gasteiger partial charge in [-0.05, 0) is 53.7 Å². The van der Waals surface area contributed by atoms with E-state index >= 15 is 0 Å². The molecule has 1 aliphatic rings. The van der Waals surface area contributed by atoms with Crippen molar-refractivity contribution in [2.45, 2.75) is 52.6 Å². The first-order valence-corrected chi connectivity index (χ1v) is 7.36. The maximum atomic E-state index is 12.5. The van der Waals surface area contributed by atoms with E-state index in [0.29, 0.717) is 11.6 Å². The summed E-state index contributed by atoms with van der Waals surface area (Å²) in [6.07, 6.45) is 0. The van der Waals surface area contributed by atoms with E-state index in [1.165, 1.54) is 9.80 Å². The van der Waals surface area contributed by atoms with E-state index < -0.39 is 22.9 Å². The number of hydrogen-bond acceptors (Lipinski definition) is 3. The molecule has 1 fully saturated rings. The smallest absolute Gasteiger partial charge is 0.268 e. The number of carbonyl (C=O) groups is 2. The summed E-state index contributed by atoms with van der Waals surface area (Å²) in [6, 6.07) is 9.35. The zero-order chi connectivity index (χ0) is 16.7. The monoisotopic (exact) mass is 301 g/mol. The molecule has 1 heterocycles. The molecule has 0 atom stereocenters. The Labute approximate surface area is 131 Å². The molecule has 0 N–H and O–H groups in total. The highest BCUT2D eigenvalue weighted by Gasteiger charge is 2.51. The minimum absolute atomic E-state index is 0.390. The van der Waals surface area contributed by atoms with Crippen LogP contribution < -0.4 is 0 Å². The second-order valence-corrected chi connectivity index (χ2v) is 7.37. The largest absolute Gasteiger partial charge is 0.319 e. The number of rotatable bonds is 1. The van der Waals surface area contributed by atoms with Crippen LogP contribution in [0.15, 0.2) is 35.3 Å². The Morgan fingerprint density at radius 1 is 0.773 bits per heavy atom. The van der Waals surface area contributed by atoms with Crippen LogP contribution in [0.25, 0.3) is 0 Å². The highest BCUT2D eigenvalue weighted by atomic mass is 16.2. The van der Waals surface area contributed by atoms with Gasteiger partial charge in [-0.15, -0.1) is 0 Å². The van der Waals surface area contributed by atoms with Crippen LogP contribution in [0, 0.1) is 0 Å². The average molecular weight is 301 g/mol. The molecule has 2 amide bonds. The fourth-order valence-electron chi connectivity index (χ4n) is 2.40. The number of para-hydroxylation sites is 1. The van der Waals surface area contributed by atoms with Gasteiger partial charge in [0.1, 0.15) is 0 Å². The zero-order valence-corrected chi connectivity index (χ0v) is 14.0. The SMILES string of the molecule is CC(C)(C)N1C(=O)C(=O)N(C(C)(C)C)C1=Nc1ccccc1. The van der Waals surface area contributed by atoms with Crippen molar-refractivity contribution < 1.29 is 9.59 Å². The van der Waals surface area contributed by atoms with Crippen LogP contribution in [-0.2, 0) is 9.59 Å². The molecule has 1 aliphatic heterocycles. The van der Waals surface area contributed by atoms with E-state index in [2.05, 4.69) is 4.99 Å². The summed E-state index contributed by atoms with van der Waals surface area (Å²) in [5.41, 5.74) is -0.343. The van der Waals surface area contributed by atoms with E-state index in [-0.39, 0.29) is 0 Å². The van der Waals surface area contributed by atoms with E-state index in [0.717, 1.165) is 0 Å². The van der Waals surface area contributed by atoms with E-state index in [4.69, 9.17) is 0 Å². The Morgan fingerprint density at radius 2 is 1.18 bits per heavy atom. The van der Waals surface area contributed by atoms with E-state index in [9.17, 15) is 9.59 Å². The summed E-state index contributed by atoms with van der Waals surface area (Å²) < 4.78 is 0. The van der Waals surface area contributed by atoms with Crippen molar-refractivity contribution in [1.29, 1.82) is 0 Å². The Balaban J connectivity index is 2.63. The summed E-state index contributed by atoms with van der Waals surface area (Å²) in [5.74, 6) is -0.671. The second-order valence-electron chi connectivity index (χ2n) is 7.37. The van der Waals surface area contributed by atoms with Crippen LogP contribution in [0.3, 0.4) is 0 Å². The molecule has 5 heteroatoms. The third kappa shape index (κ3) is 2.89. The first-order chi connectivity index (χ1) is 10.0. The molecule has 0 aliphatic carbocycles. The summed E-state index contributed by atoms with van der Waals surface area (Å²) in [5, 5.41) is 0. The van der Waals surface area contributed by atoms with Gasteiger partial charge in [-0.2, -0.15) is 0 Å². The molecule has 2 rings (SSSR count). The van der Waals surface area contributed by atoms with Gasteiger partial charge in [0.05, 0.1) is 5.69 Å². The van der Waals surface area contributed by atoms with Crippen LogP contribution in [-0.4, -0.2) is 38.7 Å². The second kappa shape index (κ2) is 5.23. The number of hydrogen-bond donors (Lipinski definition) is 0. The lowest BCUT2D eigenvalue weighted by Gasteiger charge is -2.35. The van der Waals surface area contributed by atoms with Gasteiger partial charge >= 0.3 is 11.8 Å². The zero-order valence-electron chi connectivity index (χ0n) is 14.0. The quantitative estimate of drug-likeness (QED) is 0.749. The predicted octanol–water partition coefficient (Wildman–Crippen LogP) is 2.94. The Bertz CT molecular complexity index is 588. The lowest BCUT2D eigenvalue weighted by atomic mass is 10.1. The standard InChI is InChI=1S/C17H23N3O2/c1-16(2,3)19-13(21)14(22)20(17(4,5)6)15(19)18-12-10-8-7-9-11-12/h7-11H,1-6H3. The van der Waals surface area contributed by atoms with Gasteiger partial charge in [0.2, 0.25) is 5.96 Å². The van der Waals surface area contributed by atoms with Crippen LogP contribution in [0.1, 0.15) is 41.5 Å². The molecule has 0 spiro atoms. The van der Waals surface area contributed by atoms with Crippen molar-refractivity contribution in [3.63, 3.8) is 0 Å². The lowest BCUT2D eigenvalue weighted by molar-refractivity contribution is -0.146. The minimum Gasteiger partial charge on any atom is -0.268 e. The molecule has 0 saturated carbocycles. The van der Waals surface area contributed by atoms with Crippen molar-refractivity contribution in [2.75, 3.05) is 0 Å². The van der Waals surface area contributed by atoms with Gasteiger partial charge in [-0.1, -0.05) is 18.2 Å². The number of amides is 2. The number of nitrogens with zero attached hydrogens (tertiary/aromatic N) is 3. The molecular weight excluding hydrogens is 278 g/mol. The third-order valence-electron chi connectivity index (χ3n) is 3.32. The molecule has 0 aromatic heterocycles. The van der Waals surface area contributed by atoms with Crippen LogP contribution in [0.2, 0.25) is 0 Å². The van der Waals surface area contributed by atoms with Gasteiger partial charge in [0, 0.05) is 11.1 Å². The first kappa shape index (κ1) is 16.2. The van der Waals surface area contributed by atoms with Crippen LogP contribution >= 0.6 is 0 Å². The third-order valence-corrected chi connectivity index (χ3v) is 3.32. The van der Waals surface area contributed by atoms with Crippen LogP contribution in [0.5, 0.6) is 0 Å². The van der Waals surface area contributed by atoms with Gasteiger partial charge in [0.25, 0.3) is 0 Å². The topological polar surface area (TPSA) is 53.0 Å².